The monoisotopic (exact) mass is 356 g/mol. The zero-order chi connectivity index (χ0) is 13.3. The maximum absolute atomic E-state index is 10.8. The molecule has 0 fully saturated rings. The second kappa shape index (κ2) is 4.84. The average molecular weight is 356 g/mol. The topological polar surface area (TPSA) is 94.9 Å². The van der Waals surface area contributed by atoms with Crippen LogP contribution in [0.5, 0.6) is 0 Å². The molecule has 0 aliphatic carbocycles. The number of halogens is 1. The number of aromatic nitrogens is 2. The molecule has 18 heavy (non-hydrogen) atoms. The minimum absolute atomic E-state index is 0.0105. The van der Waals surface area contributed by atoms with Crippen LogP contribution in [0, 0.1) is 20.6 Å². The van der Waals surface area contributed by atoms with Gasteiger partial charge in [0.05, 0.1) is 8.49 Å². The van der Waals surface area contributed by atoms with Crippen molar-refractivity contribution in [1.29, 1.82) is 0 Å². The van der Waals surface area contributed by atoms with E-state index in [1.165, 1.54) is 12.1 Å². The molecule has 0 unspecified atom stereocenters. The number of non-ortho nitro benzene ring substituents is 1. The lowest BCUT2D eigenvalue weighted by Gasteiger charge is -2.05. The molecule has 92 valence electrons. The van der Waals surface area contributed by atoms with Gasteiger partial charge in [0, 0.05) is 23.9 Å². The number of anilines is 1. The van der Waals surface area contributed by atoms with Gasteiger partial charge in [0.2, 0.25) is 0 Å². The van der Waals surface area contributed by atoms with E-state index in [1.807, 2.05) is 29.5 Å². The first kappa shape index (κ1) is 12.7. The van der Waals surface area contributed by atoms with Gasteiger partial charge in [-0.3, -0.25) is 10.1 Å². The summed E-state index contributed by atoms with van der Waals surface area (Å²) in [5, 5.41) is 10.8. The summed E-state index contributed by atoms with van der Waals surface area (Å²) in [6.45, 7) is 1.84. The Morgan fingerprint density at radius 3 is 2.78 bits per heavy atom. The number of nitrogens with two attached hydrogens (primary N) is 1. The first-order valence-electron chi connectivity index (χ1n) is 5.02. The van der Waals surface area contributed by atoms with Gasteiger partial charge in [-0.1, -0.05) is 6.07 Å². The number of nitrogens with zero attached hydrogens (tertiary/aromatic N) is 3. The Morgan fingerprint density at radius 2 is 2.17 bits per heavy atom. The van der Waals surface area contributed by atoms with Crippen molar-refractivity contribution in [3.63, 3.8) is 0 Å². The first-order valence-corrected chi connectivity index (χ1v) is 6.10. The fourth-order valence-corrected chi connectivity index (χ4v) is 1.73. The number of nitrogen functional groups attached to an aromatic ring is 1. The van der Waals surface area contributed by atoms with Crippen molar-refractivity contribution in [2.75, 3.05) is 5.73 Å². The Labute approximate surface area is 117 Å². The fraction of sp³-hybridized carbons (Fsp3) is 0.0909. The fourth-order valence-electron chi connectivity index (χ4n) is 1.47. The molecule has 6 nitrogen and oxygen atoms in total. The molecular formula is C11H9IN4O2. The lowest BCUT2D eigenvalue weighted by Crippen LogP contribution is -2.00. The minimum Gasteiger partial charge on any atom is -0.383 e. The third-order valence-corrected chi connectivity index (χ3v) is 3.28. The summed E-state index contributed by atoms with van der Waals surface area (Å²) >= 11 is 2.03. The van der Waals surface area contributed by atoms with E-state index in [0.29, 0.717) is 17.2 Å². The summed E-state index contributed by atoms with van der Waals surface area (Å²) in [5.74, 6) is 0.764. The van der Waals surface area contributed by atoms with Crippen LogP contribution in [0.2, 0.25) is 0 Å². The Bertz CT molecular complexity index is 630. The Kier molecular flexibility index (Phi) is 3.41. The van der Waals surface area contributed by atoms with Crippen LogP contribution in [0.1, 0.15) is 5.56 Å². The van der Waals surface area contributed by atoms with Crippen LogP contribution in [-0.4, -0.2) is 14.9 Å². The number of nitro groups is 1. The molecular weight excluding hydrogens is 347 g/mol. The summed E-state index contributed by atoms with van der Waals surface area (Å²) in [4.78, 5) is 18.6. The second-order valence-electron chi connectivity index (χ2n) is 3.68. The number of aryl methyl sites for hydroxylation is 1. The lowest BCUT2D eigenvalue weighted by atomic mass is 10.1. The van der Waals surface area contributed by atoms with Crippen molar-refractivity contribution in [3.05, 3.63) is 43.6 Å². The smallest absolute Gasteiger partial charge is 0.270 e. The molecule has 0 atom stereocenters. The normalized spacial score (nSPS) is 10.3. The molecule has 7 heteroatoms. The van der Waals surface area contributed by atoms with Crippen LogP contribution in [0.4, 0.5) is 11.5 Å². The Morgan fingerprint density at radius 1 is 1.44 bits per heavy atom. The van der Waals surface area contributed by atoms with Crippen LogP contribution in [0.3, 0.4) is 0 Å². The van der Waals surface area contributed by atoms with Crippen molar-refractivity contribution in [2.45, 2.75) is 6.92 Å². The predicted octanol–water partition coefficient (Wildman–Crippen LogP) is 2.55. The predicted molar refractivity (Wildman–Crippen MR) is 76.0 cm³/mol. The van der Waals surface area contributed by atoms with Crippen LogP contribution in [0.25, 0.3) is 11.4 Å². The van der Waals surface area contributed by atoms with Crippen molar-refractivity contribution < 1.29 is 4.92 Å². The van der Waals surface area contributed by atoms with Crippen molar-refractivity contribution in [1.82, 2.24) is 9.97 Å². The average Bonchev–Trinajstić information content (AvgIpc) is 2.33. The highest BCUT2D eigenvalue weighted by Crippen LogP contribution is 2.26. The summed E-state index contributed by atoms with van der Waals surface area (Å²) in [5.41, 5.74) is 7.20. The largest absolute Gasteiger partial charge is 0.383 e. The van der Waals surface area contributed by atoms with E-state index in [1.54, 1.807) is 12.3 Å². The zero-order valence-electron chi connectivity index (χ0n) is 9.42. The highest BCUT2D eigenvalue weighted by atomic mass is 127. The molecule has 1 aromatic heterocycles. The van der Waals surface area contributed by atoms with Gasteiger partial charge in [-0.25, -0.2) is 9.97 Å². The molecule has 1 aromatic carbocycles. The van der Waals surface area contributed by atoms with E-state index in [2.05, 4.69) is 9.97 Å². The standard InChI is InChI=1S/C11H9IN4O2/c1-6-2-3-7(16(17)18)4-8(6)11-14-5-9(12)10(13)15-11/h2-5H,1H3,(H2,13,14,15). The molecule has 0 aliphatic rings. The highest BCUT2D eigenvalue weighted by molar-refractivity contribution is 14.1. The molecule has 0 spiro atoms. The van der Waals surface area contributed by atoms with Gasteiger partial charge in [-0.2, -0.15) is 0 Å². The molecule has 0 bridgehead atoms. The van der Waals surface area contributed by atoms with E-state index >= 15 is 0 Å². The summed E-state index contributed by atoms with van der Waals surface area (Å²) in [6, 6.07) is 4.58. The van der Waals surface area contributed by atoms with E-state index in [9.17, 15) is 10.1 Å². The van der Waals surface area contributed by atoms with Gasteiger partial charge in [0.25, 0.3) is 5.69 Å². The van der Waals surface area contributed by atoms with E-state index in [0.717, 1.165) is 9.13 Å². The number of hydrogen-bond donors (Lipinski definition) is 1. The third kappa shape index (κ3) is 2.40. The Hall–Kier alpha value is -1.77. The molecule has 2 N–H and O–H groups in total. The summed E-state index contributed by atoms with van der Waals surface area (Å²) in [6.07, 6.45) is 1.59. The van der Waals surface area contributed by atoms with Crippen LogP contribution in [-0.2, 0) is 0 Å². The van der Waals surface area contributed by atoms with Gasteiger partial charge in [0.1, 0.15) is 5.82 Å². The van der Waals surface area contributed by atoms with Gasteiger partial charge >= 0.3 is 0 Å². The number of rotatable bonds is 2. The van der Waals surface area contributed by atoms with Crippen LogP contribution in [0.15, 0.2) is 24.4 Å². The minimum atomic E-state index is -0.445. The van der Waals surface area contributed by atoms with Crippen molar-refractivity contribution >= 4 is 34.1 Å². The SMILES string of the molecule is Cc1ccc([N+](=O)[O-])cc1-c1ncc(I)c(N)n1. The number of hydrogen-bond acceptors (Lipinski definition) is 5. The summed E-state index contributed by atoms with van der Waals surface area (Å²) in [7, 11) is 0. The molecule has 0 saturated heterocycles. The molecule has 0 amide bonds. The van der Waals surface area contributed by atoms with Gasteiger partial charge in [-0.15, -0.1) is 0 Å². The molecule has 2 aromatic rings. The third-order valence-electron chi connectivity index (χ3n) is 2.44. The van der Waals surface area contributed by atoms with Gasteiger partial charge < -0.3 is 5.73 Å². The van der Waals surface area contributed by atoms with Crippen LogP contribution >= 0.6 is 22.6 Å². The quantitative estimate of drug-likeness (QED) is 0.507. The van der Waals surface area contributed by atoms with E-state index < -0.39 is 4.92 Å². The first-order chi connectivity index (χ1) is 8.49. The summed E-state index contributed by atoms with van der Waals surface area (Å²) < 4.78 is 0.749. The molecule has 2 rings (SSSR count). The van der Waals surface area contributed by atoms with E-state index in [-0.39, 0.29) is 5.69 Å². The van der Waals surface area contributed by atoms with Crippen molar-refractivity contribution in [3.8, 4) is 11.4 Å². The van der Waals surface area contributed by atoms with E-state index in [4.69, 9.17) is 5.73 Å². The lowest BCUT2D eigenvalue weighted by molar-refractivity contribution is -0.384. The zero-order valence-corrected chi connectivity index (χ0v) is 11.6. The van der Waals surface area contributed by atoms with Crippen molar-refractivity contribution in [2.24, 2.45) is 0 Å². The molecule has 0 radical (unpaired) electrons. The molecule has 0 aliphatic heterocycles. The number of benzene rings is 1. The molecule has 0 saturated carbocycles. The maximum atomic E-state index is 10.8. The van der Waals surface area contributed by atoms with Gasteiger partial charge in [0.15, 0.2) is 5.82 Å². The van der Waals surface area contributed by atoms with Crippen LogP contribution < -0.4 is 5.73 Å². The Balaban J connectivity index is 2.58. The second-order valence-corrected chi connectivity index (χ2v) is 4.85. The highest BCUT2D eigenvalue weighted by Gasteiger charge is 2.13. The van der Waals surface area contributed by atoms with Gasteiger partial charge in [-0.05, 0) is 35.1 Å². The number of nitro benzene ring substituents is 1. The molecule has 1 heterocycles. The maximum Gasteiger partial charge on any atom is 0.270 e.